The van der Waals surface area contributed by atoms with Gasteiger partial charge < -0.3 is 5.73 Å². The molecule has 0 saturated carbocycles. The Balaban J connectivity index is 1.75. The summed E-state index contributed by atoms with van der Waals surface area (Å²) in [5.74, 6) is -0.132. The predicted molar refractivity (Wildman–Crippen MR) is 146 cm³/mol. The minimum Gasteiger partial charge on any atom is -0.397 e. The summed E-state index contributed by atoms with van der Waals surface area (Å²) in [5, 5.41) is 11.9. The smallest absolute Gasteiger partial charge is 0.269 e. The lowest BCUT2D eigenvalue weighted by atomic mass is 9.96. The normalized spacial score (nSPS) is 11.1. The summed E-state index contributed by atoms with van der Waals surface area (Å²) in [6.45, 7) is 5.94. The number of nitrogens with two attached hydrogens (primary N) is 1. The van der Waals surface area contributed by atoms with Crippen LogP contribution >= 0.6 is 11.3 Å². The van der Waals surface area contributed by atoms with Gasteiger partial charge in [0.2, 0.25) is 5.78 Å². The fraction of sp³-hybridized carbons (Fsp3) is 0.103. The van der Waals surface area contributed by atoms with E-state index in [1.165, 1.54) is 23.5 Å². The number of nitrogen functional groups attached to an aromatic ring is 1. The monoisotopic (exact) mass is 493 g/mol. The molecule has 0 bridgehead atoms. The Morgan fingerprint density at radius 2 is 1.56 bits per heavy atom. The largest absolute Gasteiger partial charge is 0.397 e. The van der Waals surface area contributed by atoms with Crippen molar-refractivity contribution in [2.75, 3.05) is 5.73 Å². The minimum absolute atomic E-state index is 0.00621. The molecule has 6 nitrogen and oxygen atoms in total. The molecule has 3 aromatic carbocycles. The molecule has 0 amide bonds. The van der Waals surface area contributed by atoms with Gasteiger partial charge in [-0.3, -0.25) is 14.9 Å². The quantitative estimate of drug-likeness (QED) is 0.158. The molecule has 2 heterocycles. The molecule has 0 saturated heterocycles. The van der Waals surface area contributed by atoms with Crippen LogP contribution in [0.2, 0.25) is 0 Å². The molecule has 178 valence electrons. The summed E-state index contributed by atoms with van der Waals surface area (Å²) in [7, 11) is 0. The number of aryl methyl sites for hydroxylation is 3. The number of carbonyl (C=O) groups is 1. The van der Waals surface area contributed by atoms with E-state index in [9.17, 15) is 14.9 Å². The Bertz CT molecular complexity index is 1660. The van der Waals surface area contributed by atoms with Crippen LogP contribution in [0.25, 0.3) is 32.6 Å². The molecule has 36 heavy (non-hydrogen) atoms. The summed E-state index contributed by atoms with van der Waals surface area (Å²) in [4.78, 5) is 30.4. The molecule has 2 aromatic heterocycles. The molecule has 0 fully saturated rings. The third kappa shape index (κ3) is 4.03. The van der Waals surface area contributed by atoms with Crippen LogP contribution in [0, 0.1) is 30.9 Å². The van der Waals surface area contributed by atoms with E-state index in [2.05, 4.69) is 0 Å². The molecule has 2 N–H and O–H groups in total. The first kappa shape index (κ1) is 23.4. The molecule has 0 spiro atoms. The molecular weight excluding hydrogens is 470 g/mol. The van der Waals surface area contributed by atoms with Crippen LogP contribution in [-0.2, 0) is 0 Å². The van der Waals surface area contributed by atoms with Gasteiger partial charge in [-0.25, -0.2) is 4.98 Å². The lowest BCUT2D eigenvalue weighted by Gasteiger charge is -2.10. The Morgan fingerprint density at radius 3 is 2.22 bits per heavy atom. The number of ketones is 1. The molecule has 0 aliphatic rings. The Morgan fingerprint density at radius 1 is 0.889 bits per heavy atom. The van der Waals surface area contributed by atoms with E-state index < -0.39 is 4.92 Å². The van der Waals surface area contributed by atoms with Gasteiger partial charge in [0.1, 0.15) is 9.71 Å². The average molecular weight is 494 g/mol. The maximum atomic E-state index is 13.7. The van der Waals surface area contributed by atoms with Crippen molar-refractivity contribution < 1.29 is 9.72 Å². The number of nitrogens with zero attached hydrogens (tertiary/aromatic N) is 2. The molecule has 0 aliphatic carbocycles. The number of non-ortho nitro benzene ring substituents is 1. The fourth-order valence-electron chi connectivity index (χ4n) is 4.36. The zero-order valence-electron chi connectivity index (χ0n) is 20.0. The molecule has 0 unspecified atom stereocenters. The number of hydrogen-bond acceptors (Lipinski definition) is 6. The van der Waals surface area contributed by atoms with Crippen LogP contribution in [-0.4, -0.2) is 15.7 Å². The molecule has 7 heteroatoms. The van der Waals surface area contributed by atoms with Crippen LogP contribution in [0.1, 0.15) is 31.9 Å². The number of rotatable bonds is 5. The summed E-state index contributed by atoms with van der Waals surface area (Å²) in [5.41, 5.74) is 13.9. The standard InChI is InChI=1S/C29H23N3O3S/c1-16-13-18(3)22(14-17(16)2)27(33)28-26(30)25-23(19-9-11-21(12-10-19)32(34)35)15-24(31-29(25)36-28)20-7-5-4-6-8-20/h4-15H,30H2,1-3H3. The lowest BCUT2D eigenvalue weighted by Crippen LogP contribution is -2.05. The van der Waals surface area contributed by atoms with Gasteiger partial charge in [0, 0.05) is 28.6 Å². The highest BCUT2D eigenvalue weighted by Gasteiger charge is 2.24. The first-order valence-corrected chi connectivity index (χ1v) is 12.2. The van der Waals surface area contributed by atoms with E-state index >= 15 is 0 Å². The van der Waals surface area contributed by atoms with Crippen molar-refractivity contribution in [3.8, 4) is 22.4 Å². The number of hydrogen-bond donors (Lipinski definition) is 1. The van der Waals surface area contributed by atoms with Crippen LogP contribution in [0.3, 0.4) is 0 Å². The average Bonchev–Trinajstić information content (AvgIpc) is 3.22. The predicted octanol–water partition coefficient (Wildman–Crippen LogP) is 7.28. The second-order valence-electron chi connectivity index (χ2n) is 8.83. The zero-order valence-corrected chi connectivity index (χ0v) is 20.8. The number of nitro benzene ring substituents is 1. The highest BCUT2D eigenvalue weighted by Crippen LogP contribution is 2.42. The van der Waals surface area contributed by atoms with Gasteiger partial charge in [-0.2, -0.15) is 0 Å². The first-order valence-electron chi connectivity index (χ1n) is 11.4. The summed E-state index contributed by atoms with van der Waals surface area (Å²) in [6, 6.07) is 21.9. The summed E-state index contributed by atoms with van der Waals surface area (Å²) < 4.78 is 0. The molecule has 5 aromatic rings. The lowest BCUT2D eigenvalue weighted by molar-refractivity contribution is -0.384. The topological polar surface area (TPSA) is 99.1 Å². The van der Waals surface area contributed by atoms with Gasteiger partial charge >= 0.3 is 0 Å². The van der Waals surface area contributed by atoms with E-state index in [4.69, 9.17) is 10.7 Å². The number of aromatic nitrogens is 1. The highest BCUT2D eigenvalue weighted by molar-refractivity contribution is 7.21. The van der Waals surface area contributed by atoms with Gasteiger partial charge in [0.25, 0.3) is 5.69 Å². The van der Waals surface area contributed by atoms with Gasteiger partial charge in [-0.1, -0.05) is 36.4 Å². The molecule has 5 rings (SSSR count). The Kier molecular flexibility index (Phi) is 5.86. The van der Waals surface area contributed by atoms with Gasteiger partial charge in [0.15, 0.2) is 0 Å². The minimum atomic E-state index is -0.428. The van der Waals surface area contributed by atoms with E-state index in [0.29, 0.717) is 26.3 Å². The molecule has 0 atom stereocenters. The van der Waals surface area contributed by atoms with Gasteiger partial charge in [-0.15, -0.1) is 11.3 Å². The van der Waals surface area contributed by atoms with Crippen molar-refractivity contribution in [2.24, 2.45) is 0 Å². The second-order valence-corrected chi connectivity index (χ2v) is 9.83. The van der Waals surface area contributed by atoms with Gasteiger partial charge in [-0.05, 0) is 72.9 Å². The van der Waals surface area contributed by atoms with Gasteiger partial charge in [0.05, 0.1) is 16.3 Å². The molecule has 0 radical (unpaired) electrons. The Labute approximate surface area is 212 Å². The number of fused-ring (bicyclic) bond motifs is 1. The summed E-state index contributed by atoms with van der Waals surface area (Å²) >= 11 is 1.28. The van der Waals surface area contributed by atoms with Crippen LogP contribution in [0.15, 0.2) is 72.8 Å². The fourth-order valence-corrected chi connectivity index (χ4v) is 5.44. The maximum Gasteiger partial charge on any atom is 0.269 e. The summed E-state index contributed by atoms with van der Waals surface area (Å²) in [6.07, 6.45) is 0. The number of benzene rings is 3. The second kappa shape index (κ2) is 9.02. The Hall–Kier alpha value is -4.36. The van der Waals surface area contributed by atoms with Crippen molar-refractivity contribution in [2.45, 2.75) is 20.8 Å². The van der Waals surface area contributed by atoms with Crippen molar-refractivity contribution in [3.63, 3.8) is 0 Å². The number of thiophene rings is 1. The van der Waals surface area contributed by atoms with E-state index in [1.54, 1.807) is 12.1 Å². The van der Waals surface area contributed by atoms with E-state index in [0.717, 1.165) is 39.1 Å². The third-order valence-corrected chi connectivity index (χ3v) is 7.55. The van der Waals surface area contributed by atoms with Crippen LogP contribution < -0.4 is 5.73 Å². The van der Waals surface area contributed by atoms with E-state index in [1.807, 2.05) is 69.3 Å². The zero-order chi connectivity index (χ0) is 25.6. The van der Waals surface area contributed by atoms with Crippen molar-refractivity contribution >= 4 is 38.7 Å². The van der Waals surface area contributed by atoms with Crippen LogP contribution in [0.5, 0.6) is 0 Å². The number of nitro groups is 1. The van der Waals surface area contributed by atoms with Crippen molar-refractivity contribution in [3.05, 3.63) is 110 Å². The highest BCUT2D eigenvalue weighted by atomic mass is 32.1. The first-order chi connectivity index (χ1) is 17.2. The number of carbonyl (C=O) groups excluding carboxylic acids is 1. The maximum absolute atomic E-state index is 13.7. The molecule has 0 aliphatic heterocycles. The number of anilines is 1. The van der Waals surface area contributed by atoms with Crippen molar-refractivity contribution in [1.29, 1.82) is 0 Å². The van der Waals surface area contributed by atoms with E-state index in [-0.39, 0.29) is 11.5 Å². The number of pyridine rings is 1. The molecular formula is C29H23N3O3S. The van der Waals surface area contributed by atoms with Crippen LogP contribution in [0.4, 0.5) is 11.4 Å². The third-order valence-electron chi connectivity index (χ3n) is 6.45. The SMILES string of the molecule is Cc1cc(C)c(C(=O)c2sc3nc(-c4ccccc4)cc(-c4ccc([N+](=O)[O-])cc4)c3c2N)cc1C. The van der Waals surface area contributed by atoms with Crippen molar-refractivity contribution in [1.82, 2.24) is 4.98 Å².